The van der Waals surface area contributed by atoms with Crippen LogP contribution < -0.4 is 5.73 Å². The van der Waals surface area contributed by atoms with Crippen LogP contribution in [0.3, 0.4) is 0 Å². The van der Waals surface area contributed by atoms with Crippen LogP contribution in [0.1, 0.15) is 11.3 Å². The normalized spacial score (nSPS) is 10.3. The topological polar surface area (TPSA) is 91.4 Å². The van der Waals surface area contributed by atoms with Crippen LogP contribution in [-0.2, 0) is 0 Å². The summed E-state index contributed by atoms with van der Waals surface area (Å²) in [6, 6.07) is 3.57. The Hall–Kier alpha value is -1.82. The third-order valence-corrected chi connectivity index (χ3v) is 2.75. The lowest BCUT2D eigenvalue weighted by atomic mass is 10.2. The van der Waals surface area contributed by atoms with E-state index in [1.165, 1.54) is 11.8 Å². The maximum Gasteiger partial charge on any atom is 0.171 e. The second kappa shape index (κ2) is 4.36. The van der Waals surface area contributed by atoms with Crippen LogP contribution in [0.2, 0.25) is 0 Å². The summed E-state index contributed by atoms with van der Waals surface area (Å²) in [5.74, 6) is 0.0480. The number of amidine groups is 1. The molecular formula is C10H11N5S. The van der Waals surface area contributed by atoms with Crippen molar-refractivity contribution in [1.29, 1.82) is 5.41 Å². The molecule has 5 nitrogen and oxygen atoms in total. The molecule has 0 spiro atoms. The molecule has 0 amide bonds. The molecule has 2 aromatic rings. The van der Waals surface area contributed by atoms with E-state index in [9.17, 15) is 0 Å². The Labute approximate surface area is 97.0 Å². The van der Waals surface area contributed by atoms with E-state index in [2.05, 4.69) is 15.0 Å². The number of rotatable bonds is 3. The van der Waals surface area contributed by atoms with Crippen LogP contribution in [0.5, 0.6) is 0 Å². The monoisotopic (exact) mass is 233 g/mol. The molecule has 2 heterocycles. The molecule has 2 rings (SSSR count). The molecule has 0 aromatic carbocycles. The first-order chi connectivity index (χ1) is 7.65. The van der Waals surface area contributed by atoms with E-state index in [1.807, 2.05) is 6.92 Å². The molecule has 0 saturated carbocycles. The van der Waals surface area contributed by atoms with Crippen molar-refractivity contribution < 1.29 is 0 Å². The minimum absolute atomic E-state index is 0.0480. The third kappa shape index (κ3) is 2.40. The van der Waals surface area contributed by atoms with Crippen LogP contribution in [0.4, 0.5) is 0 Å². The number of nitrogens with two attached hydrogens (primary N) is 1. The number of nitrogen functional groups attached to an aromatic ring is 1. The average Bonchev–Trinajstić information content (AvgIpc) is 2.69. The number of nitrogens with one attached hydrogen (secondary N) is 2. The fraction of sp³-hybridized carbons (Fsp3) is 0.100. The summed E-state index contributed by atoms with van der Waals surface area (Å²) in [4.78, 5) is 11.4. The Kier molecular flexibility index (Phi) is 2.91. The number of H-pyrrole nitrogens is 1. The fourth-order valence-corrected chi connectivity index (χ4v) is 2.07. The first-order valence-electron chi connectivity index (χ1n) is 4.65. The molecule has 0 atom stereocenters. The summed E-state index contributed by atoms with van der Waals surface area (Å²) in [6.07, 6.45) is 3.44. The molecule has 2 aromatic heterocycles. The van der Waals surface area contributed by atoms with Crippen LogP contribution >= 0.6 is 11.8 Å². The van der Waals surface area contributed by atoms with Gasteiger partial charge in [-0.3, -0.25) is 5.41 Å². The Bertz CT molecular complexity index is 506. The minimum Gasteiger partial charge on any atom is -0.384 e. The second-order valence-electron chi connectivity index (χ2n) is 3.25. The van der Waals surface area contributed by atoms with E-state index in [0.717, 1.165) is 15.9 Å². The molecule has 0 unspecified atom stereocenters. The van der Waals surface area contributed by atoms with Gasteiger partial charge in [0, 0.05) is 23.7 Å². The first-order valence-corrected chi connectivity index (χ1v) is 5.47. The molecule has 0 saturated heterocycles. The third-order valence-electron chi connectivity index (χ3n) is 1.92. The summed E-state index contributed by atoms with van der Waals surface area (Å²) < 4.78 is 0. The molecule has 4 N–H and O–H groups in total. The van der Waals surface area contributed by atoms with Gasteiger partial charge in [0.05, 0.1) is 0 Å². The SMILES string of the molecule is Cc1cc(C(=N)N)cc(Sc2ncc[nH]2)n1. The van der Waals surface area contributed by atoms with Gasteiger partial charge in [-0.2, -0.15) is 0 Å². The van der Waals surface area contributed by atoms with Crippen molar-refractivity contribution in [2.45, 2.75) is 17.1 Å². The Morgan fingerprint density at radius 3 is 2.94 bits per heavy atom. The predicted molar refractivity (Wildman–Crippen MR) is 62.7 cm³/mol. The Morgan fingerprint density at radius 2 is 2.31 bits per heavy atom. The van der Waals surface area contributed by atoms with E-state index < -0.39 is 0 Å². The first kappa shape index (κ1) is 10.7. The van der Waals surface area contributed by atoms with Crippen LogP contribution in [0.25, 0.3) is 0 Å². The zero-order chi connectivity index (χ0) is 11.5. The van der Waals surface area contributed by atoms with Gasteiger partial charge in [-0.15, -0.1) is 0 Å². The highest BCUT2D eigenvalue weighted by atomic mass is 32.2. The van der Waals surface area contributed by atoms with E-state index in [4.69, 9.17) is 11.1 Å². The quantitative estimate of drug-likeness (QED) is 0.554. The van der Waals surface area contributed by atoms with Gasteiger partial charge >= 0.3 is 0 Å². The summed E-state index contributed by atoms with van der Waals surface area (Å²) in [6.45, 7) is 1.87. The maximum absolute atomic E-state index is 7.40. The molecule has 6 heteroatoms. The Balaban J connectivity index is 2.31. The number of hydrogen-bond donors (Lipinski definition) is 3. The van der Waals surface area contributed by atoms with Crippen LogP contribution in [-0.4, -0.2) is 20.8 Å². The van der Waals surface area contributed by atoms with Gasteiger partial charge in [0.2, 0.25) is 0 Å². The number of aromatic amines is 1. The largest absolute Gasteiger partial charge is 0.384 e. The second-order valence-corrected chi connectivity index (χ2v) is 4.25. The number of aromatic nitrogens is 3. The fourth-order valence-electron chi connectivity index (χ4n) is 1.25. The van der Waals surface area contributed by atoms with Gasteiger partial charge in [0.15, 0.2) is 5.16 Å². The smallest absolute Gasteiger partial charge is 0.171 e. The van der Waals surface area contributed by atoms with Gasteiger partial charge in [0.1, 0.15) is 10.9 Å². The molecular weight excluding hydrogens is 222 g/mol. The average molecular weight is 233 g/mol. The van der Waals surface area contributed by atoms with Gasteiger partial charge in [-0.25, -0.2) is 9.97 Å². The lowest BCUT2D eigenvalue weighted by molar-refractivity contribution is 1.02. The van der Waals surface area contributed by atoms with Crippen LogP contribution in [0, 0.1) is 12.3 Å². The molecule has 0 bridgehead atoms. The standard InChI is InChI=1S/C10H11N5S/c1-6-4-7(9(11)12)5-8(15-6)16-10-13-2-3-14-10/h2-5H,1H3,(H3,11,12)(H,13,14). The van der Waals surface area contributed by atoms with Gasteiger partial charge in [-0.1, -0.05) is 0 Å². The van der Waals surface area contributed by atoms with E-state index in [1.54, 1.807) is 24.5 Å². The zero-order valence-electron chi connectivity index (χ0n) is 8.69. The number of aryl methyl sites for hydroxylation is 1. The molecule has 0 aliphatic rings. The lowest BCUT2D eigenvalue weighted by Gasteiger charge is -2.03. The lowest BCUT2D eigenvalue weighted by Crippen LogP contribution is -2.11. The summed E-state index contributed by atoms with van der Waals surface area (Å²) in [5.41, 5.74) is 6.96. The minimum atomic E-state index is 0.0480. The number of nitrogens with zero attached hydrogens (tertiary/aromatic N) is 2. The molecule has 0 fully saturated rings. The summed E-state index contributed by atoms with van der Waals surface area (Å²) >= 11 is 1.41. The van der Waals surface area contributed by atoms with Crippen molar-refractivity contribution in [2.24, 2.45) is 5.73 Å². The molecule has 82 valence electrons. The summed E-state index contributed by atoms with van der Waals surface area (Å²) in [5, 5.41) is 8.94. The highest BCUT2D eigenvalue weighted by Gasteiger charge is 2.05. The van der Waals surface area contributed by atoms with Crippen molar-refractivity contribution in [3.63, 3.8) is 0 Å². The van der Waals surface area contributed by atoms with Crippen molar-refractivity contribution >= 4 is 17.6 Å². The predicted octanol–water partition coefficient (Wildman–Crippen LogP) is 1.55. The highest BCUT2D eigenvalue weighted by Crippen LogP contribution is 2.23. The number of imidazole rings is 1. The maximum atomic E-state index is 7.40. The molecule has 0 aliphatic carbocycles. The molecule has 0 aliphatic heterocycles. The van der Waals surface area contributed by atoms with Crippen molar-refractivity contribution in [2.75, 3.05) is 0 Å². The van der Waals surface area contributed by atoms with E-state index in [-0.39, 0.29) is 5.84 Å². The van der Waals surface area contributed by atoms with Crippen molar-refractivity contribution in [1.82, 2.24) is 15.0 Å². The van der Waals surface area contributed by atoms with Gasteiger partial charge < -0.3 is 10.7 Å². The zero-order valence-corrected chi connectivity index (χ0v) is 9.51. The van der Waals surface area contributed by atoms with E-state index in [0.29, 0.717) is 5.56 Å². The van der Waals surface area contributed by atoms with Crippen molar-refractivity contribution in [3.05, 3.63) is 35.8 Å². The van der Waals surface area contributed by atoms with Crippen molar-refractivity contribution in [3.8, 4) is 0 Å². The van der Waals surface area contributed by atoms with E-state index >= 15 is 0 Å². The van der Waals surface area contributed by atoms with Gasteiger partial charge in [-0.05, 0) is 30.8 Å². The Morgan fingerprint density at radius 1 is 1.50 bits per heavy atom. The number of pyridine rings is 1. The van der Waals surface area contributed by atoms with Gasteiger partial charge in [0.25, 0.3) is 0 Å². The molecule has 0 radical (unpaired) electrons. The number of hydrogen-bond acceptors (Lipinski definition) is 4. The summed E-state index contributed by atoms with van der Waals surface area (Å²) in [7, 11) is 0. The van der Waals surface area contributed by atoms with Crippen LogP contribution in [0.15, 0.2) is 34.7 Å². The highest BCUT2D eigenvalue weighted by molar-refractivity contribution is 7.99. The molecule has 16 heavy (non-hydrogen) atoms.